The number of hydrogen-bond donors (Lipinski definition) is 3. The van der Waals surface area contributed by atoms with Crippen molar-refractivity contribution in [3.8, 4) is 5.75 Å². The molecule has 110 valence electrons. The fourth-order valence-corrected chi connectivity index (χ4v) is 1.97. The molecule has 0 bridgehead atoms. The average molecular weight is 289 g/mol. The van der Waals surface area contributed by atoms with Crippen molar-refractivity contribution in [3.05, 3.63) is 59.4 Å². The van der Waals surface area contributed by atoms with Gasteiger partial charge in [-0.2, -0.15) is 0 Å². The lowest BCUT2D eigenvalue weighted by molar-refractivity contribution is 0.0953. The summed E-state index contributed by atoms with van der Waals surface area (Å²) < 4.78 is 13.8. The summed E-state index contributed by atoms with van der Waals surface area (Å²) in [6.07, 6.45) is 0. The average Bonchev–Trinajstić information content (AvgIpc) is 2.49. The van der Waals surface area contributed by atoms with Gasteiger partial charge in [0.2, 0.25) is 0 Å². The van der Waals surface area contributed by atoms with Crippen LogP contribution in [0.25, 0.3) is 0 Å². The number of halogens is 1. The van der Waals surface area contributed by atoms with Gasteiger partial charge in [0.1, 0.15) is 11.6 Å². The van der Waals surface area contributed by atoms with E-state index in [1.54, 1.807) is 31.3 Å². The van der Waals surface area contributed by atoms with E-state index in [4.69, 9.17) is 5.84 Å². The van der Waals surface area contributed by atoms with Crippen LogP contribution in [0.5, 0.6) is 5.75 Å². The van der Waals surface area contributed by atoms with Gasteiger partial charge in [0.25, 0.3) is 5.91 Å². The summed E-state index contributed by atoms with van der Waals surface area (Å²) in [5.74, 6) is 4.37. The number of nitrogens with one attached hydrogen (secondary N) is 1. The molecule has 0 spiro atoms. The van der Waals surface area contributed by atoms with Gasteiger partial charge in [0.15, 0.2) is 0 Å². The van der Waals surface area contributed by atoms with Crippen molar-refractivity contribution >= 4 is 11.6 Å². The molecule has 1 amide bonds. The van der Waals surface area contributed by atoms with Crippen molar-refractivity contribution in [3.63, 3.8) is 0 Å². The molecule has 0 aliphatic heterocycles. The Bertz CT molecular complexity index is 644. The Morgan fingerprint density at radius 1 is 1.29 bits per heavy atom. The molecule has 0 aromatic heterocycles. The Kier molecular flexibility index (Phi) is 4.39. The van der Waals surface area contributed by atoms with Gasteiger partial charge in [-0.15, -0.1) is 0 Å². The van der Waals surface area contributed by atoms with Gasteiger partial charge in [0.05, 0.1) is 0 Å². The van der Waals surface area contributed by atoms with Crippen molar-refractivity contribution in [1.29, 1.82) is 0 Å². The molecule has 0 saturated carbocycles. The van der Waals surface area contributed by atoms with Crippen LogP contribution < -0.4 is 16.2 Å². The number of hydrogen-bond acceptors (Lipinski definition) is 4. The Labute approximate surface area is 121 Å². The molecular formula is C15H16FN3O2. The fourth-order valence-electron chi connectivity index (χ4n) is 1.97. The zero-order valence-electron chi connectivity index (χ0n) is 11.5. The molecule has 0 atom stereocenters. The summed E-state index contributed by atoms with van der Waals surface area (Å²) in [7, 11) is 1.79. The van der Waals surface area contributed by atoms with E-state index in [2.05, 4.69) is 0 Å². The van der Waals surface area contributed by atoms with Crippen LogP contribution in [0.15, 0.2) is 42.5 Å². The van der Waals surface area contributed by atoms with Crippen molar-refractivity contribution < 1.29 is 14.3 Å². The number of benzene rings is 2. The third kappa shape index (κ3) is 3.49. The number of nitrogens with two attached hydrogens (primary N) is 1. The first-order chi connectivity index (χ1) is 10.0. The molecule has 0 fully saturated rings. The Balaban J connectivity index is 2.22. The smallest absolute Gasteiger partial charge is 0.265 e. The maximum absolute atomic E-state index is 13.8. The predicted octanol–water partition coefficient (Wildman–Crippen LogP) is 1.77. The number of nitrogens with zero attached hydrogens (tertiary/aromatic N) is 1. The molecule has 0 heterocycles. The zero-order valence-corrected chi connectivity index (χ0v) is 11.5. The molecule has 0 radical (unpaired) electrons. The molecule has 0 aliphatic rings. The number of anilines is 1. The first-order valence-electron chi connectivity index (χ1n) is 6.31. The number of rotatable bonds is 4. The van der Waals surface area contributed by atoms with Gasteiger partial charge in [-0.05, 0) is 42.5 Å². The van der Waals surface area contributed by atoms with E-state index in [1.807, 2.05) is 10.3 Å². The van der Waals surface area contributed by atoms with Crippen LogP contribution >= 0.6 is 0 Å². The molecule has 4 N–H and O–H groups in total. The van der Waals surface area contributed by atoms with Crippen LogP contribution in [0.4, 0.5) is 10.1 Å². The third-order valence-electron chi connectivity index (χ3n) is 3.14. The monoisotopic (exact) mass is 289 g/mol. The van der Waals surface area contributed by atoms with Crippen LogP contribution in [0.3, 0.4) is 0 Å². The van der Waals surface area contributed by atoms with Gasteiger partial charge in [-0.1, -0.05) is 0 Å². The van der Waals surface area contributed by atoms with Crippen LogP contribution in [-0.4, -0.2) is 18.1 Å². The van der Waals surface area contributed by atoms with Crippen molar-refractivity contribution in [1.82, 2.24) is 5.43 Å². The number of phenols is 1. The lowest BCUT2D eigenvalue weighted by Gasteiger charge is -2.20. The summed E-state index contributed by atoms with van der Waals surface area (Å²) in [4.78, 5) is 13.3. The molecule has 2 aromatic carbocycles. The molecule has 0 aliphatic carbocycles. The highest BCUT2D eigenvalue weighted by Gasteiger charge is 2.11. The van der Waals surface area contributed by atoms with E-state index in [0.717, 1.165) is 5.69 Å². The lowest BCUT2D eigenvalue weighted by atomic mass is 10.1. The van der Waals surface area contributed by atoms with E-state index in [-0.39, 0.29) is 12.3 Å². The van der Waals surface area contributed by atoms with Crippen LogP contribution in [-0.2, 0) is 6.54 Å². The molecule has 21 heavy (non-hydrogen) atoms. The number of aromatic hydroxyl groups is 1. The third-order valence-corrected chi connectivity index (χ3v) is 3.14. The Morgan fingerprint density at radius 3 is 2.57 bits per heavy atom. The van der Waals surface area contributed by atoms with Gasteiger partial charge < -0.3 is 10.0 Å². The highest BCUT2D eigenvalue weighted by atomic mass is 19.1. The SMILES string of the molecule is CN(Cc1cc(C(=O)NN)ccc1F)c1ccc(O)cc1. The standard InChI is InChI=1S/C15H16FN3O2/c1-19(12-3-5-13(20)6-4-12)9-11-8-10(15(21)18-17)2-7-14(11)16/h2-8,20H,9,17H2,1H3,(H,18,21). The molecule has 6 heteroatoms. The Hall–Kier alpha value is -2.60. The minimum absolute atomic E-state index is 0.167. The summed E-state index contributed by atoms with van der Waals surface area (Å²) in [6, 6.07) is 10.6. The van der Waals surface area contributed by atoms with Crippen molar-refractivity contribution in [2.75, 3.05) is 11.9 Å². The van der Waals surface area contributed by atoms with E-state index < -0.39 is 11.7 Å². The highest BCUT2D eigenvalue weighted by Crippen LogP contribution is 2.20. The van der Waals surface area contributed by atoms with E-state index >= 15 is 0 Å². The molecule has 5 nitrogen and oxygen atoms in total. The van der Waals surface area contributed by atoms with Crippen molar-refractivity contribution in [2.45, 2.75) is 6.54 Å². The second-order valence-electron chi connectivity index (χ2n) is 4.65. The van der Waals surface area contributed by atoms with Gasteiger partial charge in [-0.25, -0.2) is 10.2 Å². The normalized spacial score (nSPS) is 10.2. The van der Waals surface area contributed by atoms with Gasteiger partial charge in [-0.3, -0.25) is 10.2 Å². The highest BCUT2D eigenvalue weighted by molar-refractivity contribution is 5.93. The molecule has 2 aromatic rings. The first-order valence-corrected chi connectivity index (χ1v) is 6.31. The molecule has 0 unspecified atom stereocenters. The minimum Gasteiger partial charge on any atom is -0.508 e. The maximum atomic E-state index is 13.8. The van der Waals surface area contributed by atoms with Crippen molar-refractivity contribution in [2.24, 2.45) is 5.84 Å². The van der Waals surface area contributed by atoms with E-state index in [9.17, 15) is 14.3 Å². The predicted molar refractivity (Wildman–Crippen MR) is 78.3 cm³/mol. The van der Waals surface area contributed by atoms with Gasteiger partial charge >= 0.3 is 0 Å². The second kappa shape index (κ2) is 6.23. The fraction of sp³-hybridized carbons (Fsp3) is 0.133. The van der Waals surface area contributed by atoms with E-state index in [1.165, 1.54) is 18.2 Å². The minimum atomic E-state index is -0.469. The number of amides is 1. The summed E-state index contributed by atoms with van der Waals surface area (Å²) >= 11 is 0. The topological polar surface area (TPSA) is 78.6 Å². The lowest BCUT2D eigenvalue weighted by Crippen LogP contribution is -2.30. The van der Waals surface area contributed by atoms with Crippen LogP contribution in [0.2, 0.25) is 0 Å². The number of nitrogen functional groups attached to an aromatic ring is 1. The Morgan fingerprint density at radius 2 is 1.95 bits per heavy atom. The van der Waals surface area contributed by atoms with E-state index in [0.29, 0.717) is 11.1 Å². The maximum Gasteiger partial charge on any atom is 0.265 e. The summed E-state index contributed by atoms with van der Waals surface area (Å²) in [5.41, 5.74) is 3.52. The molecule has 0 saturated heterocycles. The number of carbonyl (C=O) groups excluding carboxylic acids is 1. The zero-order chi connectivity index (χ0) is 15.4. The van der Waals surface area contributed by atoms with Crippen LogP contribution in [0, 0.1) is 5.82 Å². The number of hydrazine groups is 1. The quantitative estimate of drug-likeness (QED) is 0.455. The number of carbonyl (C=O) groups is 1. The summed E-state index contributed by atoms with van der Waals surface area (Å²) in [6.45, 7) is 0.280. The van der Waals surface area contributed by atoms with Gasteiger partial charge in [0, 0.05) is 30.4 Å². The largest absolute Gasteiger partial charge is 0.508 e. The second-order valence-corrected chi connectivity index (χ2v) is 4.65. The first kappa shape index (κ1) is 14.8. The van der Waals surface area contributed by atoms with Crippen LogP contribution in [0.1, 0.15) is 15.9 Å². The molecular weight excluding hydrogens is 273 g/mol. The molecule has 2 rings (SSSR count). The number of phenolic OH excluding ortho intramolecular Hbond substituents is 1. The summed E-state index contributed by atoms with van der Waals surface area (Å²) in [5, 5.41) is 9.26.